The second-order valence-electron chi connectivity index (χ2n) is 2.50. The van der Waals surface area contributed by atoms with Crippen LogP contribution < -0.4 is 11.5 Å². The summed E-state index contributed by atoms with van der Waals surface area (Å²) in [6.45, 7) is 0. The van der Waals surface area contributed by atoms with Gasteiger partial charge in [0.05, 0.1) is 6.42 Å². The Labute approximate surface area is 83.2 Å². The summed E-state index contributed by atoms with van der Waals surface area (Å²) >= 11 is 0. The number of urea groups is 2. The average Bonchev–Trinajstić information content (AvgIpc) is 2.00. The molecule has 0 rings (SSSR count). The zero-order valence-electron chi connectivity index (χ0n) is 7.41. The number of imide groups is 1. The van der Waals surface area contributed by atoms with E-state index < -0.39 is 36.5 Å². The number of hydrogen-bond donors (Lipinski definition) is 4. The van der Waals surface area contributed by atoms with Crippen LogP contribution in [0.2, 0.25) is 0 Å². The van der Waals surface area contributed by atoms with Crippen LogP contribution in [0.15, 0.2) is 0 Å². The monoisotopic (exact) mass is 219 g/mol. The van der Waals surface area contributed by atoms with Crippen molar-refractivity contribution in [3.05, 3.63) is 0 Å². The molecule has 0 aliphatic rings. The average molecular weight is 219 g/mol. The number of carbonyl (C=O) groups excluding carboxylic acids is 2. The zero-order chi connectivity index (χ0) is 12.2. The maximum atomic E-state index is 10.7. The second-order valence-corrected chi connectivity index (χ2v) is 2.50. The van der Waals surface area contributed by atoms with Crippen molar-refractivity contribution >= 4 is 24.0 Å². The van der Waals surface area contributed by atoms with E-state index in [9.17, 15) is 19.2 Å². The molecule has 9 nitrogen and oxygen atoms in total. The highest BCUT2D eigenvalue weighted by Crippen LogP contribution is 2.05. The van der Waals surface area contributed by atoms with Gasteiger partial charge in [-0.05, 0) is 0 Å². The first-order valence-corrected chi connectivity index (χ1v) is 3.60. The predicted octanol–water partition coefficient (Wildman–Crippen LogP) is -1.63. The highest BCUT2D eigenvalue weighted by Gasteiger charge is 2.34. The molecule has 0 heterocycles. The molecule has 4 amide bonds. The molecule has 0 aliphatic heterocycles. The van der Waals surface area contributed by atoms with Crippen LogP contribution in [-0.4, -0.2) is 45.2 Å². The van der Waals surface area contributed by atoms with Gasteiger partial charge in [-0.25, -0.2) is 19.3 Å². The lowest BCUT2D eigenvalue weighted by atomic mass is 10.2. The summed E-state index contributed by atoms with van der Waals surface area (Å²) in [5.74, 6) is -3.19. The Hall–Kier alpha value is -2.32. The summed E-state index contributed by atoms with van der Waals surface area (Å²) < 4.78 is 0. The van der Waals surface area contributed by atoms with Gasteiger partial charge >= 0.3 is 24.0 Å². The van der Waals surface area contributed by atoms with E-state index in [2.05, 4.69) is 11.5 Å². The Kier molecular flexibility index (Phi) is 4.05. The number of primary amides is 2. The van der Waals surface area contributed by atoms with Crippen molar-refractivity contribution in [2.75, 3.05) is 0 Å². The maximum Gasteiger partial charge on any atom is 0.327 e. The number of carboxylic acids is 2. The van der Waals surface area contributed by atoms with Gasteiger partial charge < -0.3 is 21.7 Å². The van der Waals surface area contributed by atoms with E-state index >= 15 is 0 Å². The van der Waals surface area contributed by atoms with E-state index in [1.807, 2.05) is 0 Å². The Bertz CT molecular complexity index is 300. The SMILES string of the molecule is NC(=O)N(C(N)=O)[C@@H](CC(=O)O)C(=O)O. The number of aliphatic carboxylic acids is 2. The fourth-order valence-corrected chi connectivity index (χ4v) is 0.870. The fraction of sp³-hybridized carbons (Fsp3) is 0.333. The number of hydrogen-bond acceptors (Lipinski definition) is 4. The van der Waals surface area contributed by atoms with Crippen LogP contribution in [0.4, 0.5) is 9.59 Å². The predicted molar refractivity (Wildman–Crippen MR) is 44.7 cm³/mol. The molecule has 0 saturated carbocycles. The van der Waals surface area contributed by atoms with Crippen LogP contribution in [0.1, 0.15) is 6.42 Å². The van der Waals surface area contributed by atoms with Crippen molar-refractivity contribution < 1.29 is 29.4 Å². The quantitative estimate of drug-likeness (QED) is 0.443. The van der Waals surface area contributed by atoms with Gasteiger partial charge in [-0.3, -0.25) is 4.79 Å². The zero-order valence-corrected chi connectivity index (χ0v) is 7.41. The lowest BCUT2D eigenvalue weighted by Gasteiger charge is -2.21. The number of rotatable bonds is 4. The summed E-state index contributed by atoms with van der Waals surface area (Å²) in [5, 5.41) is 16.9. The van der Waals surface area contributed by atoms with Crippen molar-refractivity contribution in [2.45, 2.75) is 12.5 Å². The summed E-state index contributed by atoms with van der Waals surface area (Å²) in [4.78, 5) is 42.1. The molecule has 1 atom stereocenters. The maximum absolute atomic E-state index is 10.7. The first kappa shape index (κ1) is 12.7. The smallest absolute Gasteiger partial charge is 0.327 e. The minimum Gasteiger partial charge on any atom is -0.481 e. The Morgan fingerprint density at radius 2 is 1.47 bits per heavy atom. The standard InChI is InChI=1S/C6H9N3O6/c7-5(14)9(6(8)15)2(4(12)13)1-3(10)11/h2H,1H2,(H2,7,14)(H2,8,15)(H,10,11)(H,12,13)/t2-/m0/s1. The summed E-state index contributed by atoms with van der Waals surface area (Å²) in [6, 6.07) is -4.75. The number of amides is 4. The first-order valence-electron chi connectivity index (χ1n) is 3.60. The van der Waals surface area contributed by atoms with Crippen LogP contribution >= 0.6 is 0 Å². The third-order valence-corrected chi connectivity index (χ3v) is 1.44. The number of carboxylic acid groups (broad SMARTS) is 2. The Balaban J connectivity index is 5.01. The molecule has 0 spiro atoms. The van der Waals surface area contributed by atoms with E-state index in [0.717, 1.165) is 0 Å². The van der Waals surface area contributed by atoms with Gasteiger partial charge in [-0.15, -0.1) is 0 Å². The first-order chi connectivity index (χ1) is 6.77. The molecule has 15 heavy (non-hydrogen) atoms. The van der Waals surface area contributed by atoms with Gasteiger partial charge in [0, 0.05) is 0 Å². The summed E-state index contributed by atoms with van der Waals surface area (Å²) in [6.07, 6.45) is -0.971. The number of carbonyl (C=O) groups is 4. The Morgan fingerprint density at radius 3 is 1.67 bits per heavy atom. The van der Waals surface area contributed by atoms with E-state index in [4.69, 9.17) is 10.2 Å². The lowest BCUT2D eigenvalue weighted by Crippen LogP contribution is -2.53. The molecule has 0 aromatic heterocycles. The van der Waals surface area contributed by atoms with Gasteiger partial charge in [0.1, 0.15) is 0 Å². The van der Waals surface area contributed by atoms with Crippen molar-refractivity contribution in [3.63, 3.8) is 0 Å². The van der Waals surface area contributed by atoms with Crippen molar-refractivity contribution in [1.82, 2.24) is 4.90 Å². The van der Waals surface area contributed by atoms with Crippen molar-refractivity contribution in [1.29, 1.82) is 0 Å². The molecule has 84 valence electrons. The van der Waals surface area contributed by atoms with Gasteiger partial charge in [0.25, 0.3) is 0 Å². The normalized spacial score (nSPS) is 11.5. The molecule has 9 heteroatoms. The minimum atomic E-state index is -1.91. The molecule has 0 saturated heterocycles. The van der Waals surface area contributed by atoms with Crippen LogP contribution in [0.25, 0.3) is 0 Å². The summed E-state index contributed by atoms with van der Waals surface area (Å²) in [5.41, 5.74) is 9.36. The van der Waals surface area contributed by atoms with E-state index in [1.165, 1.54) is 0 Å². The van der Waals surface area contributed by atoms with E-state index in [-0.39, 0.29) is 4.90 Å². The molecule has 0 aromatic carbocycles. The van der Waals surface area contributed by atoms with Crippen molar-refractivity contribution in [2.24, 2.45) is 11.5 Å². The summed E-state index contributed by atoms with van der Waals surface area (Å²) in [7, 11) is 0. The molecule has 0 radical (unpaired) electrons. The minimum absolute atomic E-state index is 0.0313. The van der Waals surface area contributed by atoms with E-state index in [0.29, 0.717) is 0 Å². The Morgan fingerprint density at radius 1 is 1.07 bits per heavy atom. The molecule has 6 N–H and O–H groups in total. The van der Waals surface area contributed by atoms with Crippen LogP contribution in [0.3, 0.4) is 0 Å². The van der Waals surface area contributed by atoms with Crippen LogP contribution in [0.5, 0.6) is 0 Å². The number of nitrogens with two attached hydrogens (primary N) is 2. The molecule has 0 bridgehead atoms. The van der Waals surface area contributed by atoms with Gasteiger partial charge in [0.2, 0.25) is 0 Å². The molecule has 0 aliphatic carbocycles. The second kappa shape index (κ2) is 4.79. The van der Waals surface area contributed by atoms with Crippen LogP contribution in [-0.2, 0) is 9.59 Å². The molecular weight excluding hydrogens is 210 g/mol. The molecular formula is C6H9N3O6. The van der Waals surface area contributed by atoms with Gasteiger partial charge in [-0.1, -0.05) is 0 Å². The number of nitrogens with zero attached hydrogens (tertiary/aromatic N) is 1. The van der Waals surface area contributed by atoms with Crippen molar-refractivity contribution in [3.8, 4) is 0 Å². The molecule has 0 unspecified atom stereocenters. The lowest BCUT2D eigenvalue weighted by molar-refractivity contribution is -0.147. The van der Waals surface area contributed by atoms with Crippen LogP contribution in [0, 0.1) is 0 Å². The molecule has 0 aromatic rings. The third-order valence-electron chi connectivity index (χ3n) is 1.44. The van der Waals surface area contributed by atoms with E-state index in [1.54, 1.807) is 0 Å². The van der Waals surface area contributed by atoms with Gasteiger partial charge in [-0.2, -0.15) is 0 Å². The largest absolute Gasteiger partial charge is 0.481 e. The fourth-order valence-electron chi connectivity index (χ4n) is 0.870. The third kappa shape index (κ3) is 3.50. The van der Waals surface area contributed by atoms with Gasteiger partial charge in [0.15, 0.2) is 6.04 Å². The highest BCUT2D eigenvalue weighted by atomic mass is 16.4. The topological polar surface area (TPSA) is 164 Å². The molecule has 0 fully saturated rings. The highest BCUT2D eigenvalue weighted by molar-refractivity contribution is 5.97.